The second-order valence-electron chi connectivity index (χ2n) is 4.71. The van der Waals surface area contributed by atoms with E-state index in [1.54, 1.807) is 13.1 Å². The number of hydrogen-bond acceptors (Lipinski definition) is 5. The number of ether oxygens (including phenoxy) is 1. The molecule has 0 spiro atoms. The summed E-state index contributed by atoms with van der Waals surface area (Å²) in [6, 6.07) is 11.4. The lowest BCUT2D eigenvalue weighted by molar-refractivity contribution is 0.0530. The van der Waals surface area contributed by atoms with Gasteiger partial charge in [-0.15, -0.1) is 11.3 Å². The molecule has 1 aromatic carbocycles. The molecule has 3 aromatic rings. The molecule has 2 aromatic heterocycles. The molecule has 0 unspecified atom stereocenters. The van der Waals surface area contributed by atoms with Crippen molar-refractivity contribution >= 4 is 38.6 Å². The van der Waals surface area contributed by atoms with Gasteiger partial charge in [-0.25, -0.2) is 9.79 Å². The molecule has 0 saturated carbocycles. The van der Waals surface area contributed by atoms with Crippen LogP contribution in [0.1, 0.15) is 28.8 Å². The van der Waals surface area contributed by atoms with Gasteiger partial charge in [0.25, 0.3) is 0 Å². The van der Waals surface area contributed by atoms with Crippen molar-refractivity contribution in [2.45, 2.75) is 13.8 Å². The largest absolute Gasteiger partial charge is 0.462 e. The van der Waals surface area contributed by atoms with E-state index in [0.717, 1.165) is 15.8 Å². The summed E-state index contributed by atoms with van der Waals surface area (Å²) < 4.78 is 11.6. The maximum Gasteiger partial charge on any atom is 0.341 e. The minimum absolute atomic E-state index is 0.337. The van der Waals surface area contributed by atoms with Crippen molar-refractivity contribution in [3.63, 3.8) is 0 Å². The van der Waals surface area contributed by atoms with Gasteiger partial charge in [0.05, 0.1) is 12.8 Å². The molecule has 4 nitrogen and oxygen atoms in total. The average Bonchev–Trinajstić information content (AvgIpc) is 3.08. The van der Waals surface area contributed by atoms with E-state index in [4.69, 9.17) is 9.15 Å². The summed E-state index contributed by atoms with van der Waals surface area (Å²) in [5.74, 6) is 1.14. The highest BCUT2D eigenvalue weighted by molar-refractivity contribution is 7.23. The molecule has 0 N–H and O–H groups in total. The van der Waals surface area contributed by atoms with Gasteiger partial charge in [0.1, 0.15) is 22.1 Å². The van der Waals surface area contributed by atoms with E-state index in [1.165, 1.54) is 11.3 Å². The van der Waals surface area contributed by atoms with E-state index >= 15 is 0 Å². The molecule has 112 valence electrons. The summed E-state index contributed by atoms with van der Waals surface area (Å²) >= 11 is 1.46. The highest BCUT2D eigenvalue weighted by atomic mass is 32.1. The Balaban J connectivity index is 2.06. The van der Waals surface area contributed by atoms with Crippen LogP contribution < -0.4 is 0 Å². The first kappa shape index (κ1) is 14.5. The molecule has 0 saturated heterocycles. The van der Waals surface area contributed by atoms with Crippen molar-refractivity contribution in [1.82, 2.24) is 0 Å². The van der Waals surface area contributed by atoms with Gasteiger partial charge in [-0.2, -0.15) is 0 Å². The quantitative estimate of drug-likeness (QED) is 0.517. The topological polar surface area (TPSA) is 51.8 Å². The zero-order valence-corrected chi connectivity index (χ0v) is 13.1. The summed E-state index contributed by atoms with van der Waals surface area (Å²) in [5, 5.41) is 1.50. The Bertz CT molecular complexity index is 845. The lowest BCUT2D eigenvalue weighted by Crippen LogP contribution is -2.03. The summed E-state index contributed by atoms with van der Waals surface area (Å²) in [6.45, 7) is 4.01. The Kier molecular flexibility index (Phi) is 4.06. The van der Waals surface area contributed by atoms with E-state index in [2.05, 4.69) is 4.99 Å². The number of esters is 1. The lowest BCUT2D eigenvalue weighted by atomic mass is 10.1. The maximum absolute atomic E-state index is 12.2. The smallest absolute Gasteiger partial charge is 0.341 e. The predicted molar refractivity (Wildman–Crippen MR) is 88.5 cm³/mol. The molecule has 5 heteroatoms. The minimum atomic E-state index is -0.345. The van der Waals surface area contributed by atoms with Crippen LogP contribution in [0.4, 0.5) is 5.00 Å². The fraction of sp³-hybridized carbons (Fsp3) is 0.176. The summed E-state index contributed by atoms with van der Waals surface area (Å²) in [5.41, 5.74) is 0.516. The van der Waals surface area contributed by atoms with Gasteiger partial charge in [0, 0.05) is 10.1 Å². The number of aliphatic imine (C=N–C) groups is 1. The number of rotatable bonds is 4. The number of benzene rings is 1. The fourth-order valence-electron chi connectivity index (χ4n) is 2.17. The van der Waals surface area contributed by atoms with Crippen molar-refractivity contribution in [1.29, 1.82) is 0 Å². The first-order chi connectivity index (χ1) is 10.7. The number of thiophene rings is 1. The van der Waals surface area contributed by atoms with Gasteiger partial charge < -0.3 is 9.15 Å². The van der Waals surface area contributed by atoms with Crippen LogP contribution in [-0.2, 0) is 4.74 Å². The summed E-state index contributed by atoms with van der Waals surface area (Å²) in [7, 11) is 0. The molecule has 0 bridgehead atoms. The van der Waals surface area contributed by atoms with Gasteiger partial charge in [-0.3, -0.25) is 0 Å². The van der Waals surface area contributed by atoms with Crippen LogP contribution in [0.25, 0.3) is 10.1 Å². The standard InChI is InChI=1S/C17H15NO3S/c1-3-20-17(19)15-13-6-4-5-7-14(13)22-16(15)18-10-12-9-8-11(2)21-12/h4-10H,3H2,1-2H3. The normalized spacial score (nSPS) is 11.4. The van der Waals surface area contributed by atoms with Crippen LogP contribution >= 0.6 is 11.3 Å². The molecule has 0 radical (unpaired) electrons. The Labute approximate surface area is 132 Å². The molecule has 3 rings (SSSR count). The van der Waals surface area contributed by atoms with Crippen molar-refractivity contribution in [2.75, 3.05) is 6.61 Å². The van der Waals surface area contributed by atoms with Gasteiger partial charge in [-0.05, 0) is 32.0 Å². The molecule has 2 heterocycles. The highest BCUT2D eigenvalue weighted by Gasteiger charge is 2.19. The second kappa shape index (κ2) is 6.15. The van der Waals surface area contributed by atoms with E-state index in [-0.39, 0.29) is 5.97 Å². The number of aryl methyl sites for hydroxylation is 1. The first-order valence-electron chi connectivity index (χ1n) is 6.98. The van der Waals surface area contributed by atoms with E-state index in [9.17, 15) is 4.79 Å². The number of fused-ring (bicyclic) bond motifs is 1. The monoisotopic (exact) mass is 313 g/mol. The predicted octanol–water partition coefficient (Wildman–Crippen LogP) is 4.73. The average molecular weight is 313 g/mol. The van der Waals surface area contributed by atoms with Gasteiger partial charge in [0.15, 0.2) is 0 Å². The molecule has 0 atom stereocenters. The Hall–Kier alpha value is -2.40. The van der Waals surface area contributed by atoms with Crippen molar-refractivity contribution < 1.29 is 13.9 Å². The van der Waals surface area contributed by atoms with Crippen molar-refractivity contribution in [3.8, 4) is 0 Å². The molecule has 0 aliphatic heterocycles. The fourth-order valence-corrected chi connectivity index (χ4v) is 3.20. The third kappa shape index (κ3) is 2.80. The SMILES string of the molecule is CCOC(=O)c1c(N=Cc2ccc(C)o2)sc2ccccc12. The van der Waals surface area contributed by atoms with Crippen LogP contribution in [0, 0.1) is 6.92 Å². The van der Waals surface area contributed by atoms with Crippen LogP contribution in [0.3, 0.4) is 0 Å². The van der Waals surface area contributed by atoms with Gasteiger partial charge in [0.2, 0.25) is 0 Å². The molecule has 0 amide bonds. The highest BCUT2D eigenvalue weighted by Crippen LogP contribution is 2.38. The van der Waals surface area contributed by atoms with Crippen LogP contribution in [0.5, 0.6) is 0 Å². The zero-order valence-electron chi connectivity index (χ0n) is 12.3. The lowest BCUT2D eigenvalue weighted by Gasteiger charge is -2.01. The molecular weight excluding hydrogens is 298 g/mol. The van der Waals surface area contributed by atoms with Crippen LogP contribution in [-0.4, -0.2) is 18.8 Å². The second-order valence-corrected chi connectivity index (χ2v) is 5.74. The molecule has 0 aliphatic carbocycles. The van der Waals surface area contributed by atoms with Crippen LogP contribution in [0.2, 0.25) is 0 Å². The number of furan rings is 1. The van der Waals surface area contributed by atoms with E-state index in [1.807, 2.05) is 43.3 Å². The third-order valence-electron chi connectivity index (χ3n) is 3.13. The first-order valence-corrected chi connectivity index (χ1v) is 7.80. The van der Waals surface area contributed by atoms with E-state index < -0.39 is 0 Å². The summed E-state index contributed by atoms with van der Waals surface area (Å²) in [6.07, 6.45) is 1.63. The maximum atomic E-state index is 12.2. The Morgan fingerprint density at radius 2 is 2.14 bits per heavy atom. The minimum Gasteiger partial charge on any atom is -0.462 e. The van der Waals surface area contributed by atoms with E-state index in [0.29, 0.717) is 22.9 Å². The third-order valence-corrected chi connectivity index (χ3v) is 4.21. The van der Waals surface area contributed by atoms with Crippen molar-refractivity contribution in [3.05, 3.63) is 53.5 Å². The summed E-state index contributed by atoms with van der Waals surface area (Å²) in [4.78, 5) is 16.7. The molecular formula is C17H15NO3S. The number of hydrogen-bond donors (Lipinski definition) is 0. The number of carbonyl (C=O) groups is 1. The number of carbonyl (C=O) groups excluding carboxylic acids is 1. The molecule has 0 fully saturated rings. The van der Waals surface area contributed by atoms with Gasteiger partial charge in [-0.1, -0.05) is 18.2 Å². The number of nitrogens with zero attached hydrogens (tertiary/aromatic N) is 1. The van der Waals surface area contributed by atoms with Crippen molar-refractivity contribution in [2.24, 2.45) is 4.99 Å². The van der Waals surface area contributed by atoms with Crippen LogP contribution in [0.15, 0.2) is 45.8 Å². The van der Waals surface area contributed by atoms with Gasteiger partial charge >= 0.3 is 5.97 Å². The Morgan fingerprint density at radius 3 is 2.86 bits per heavy atom. The molecule has 22 heavy (non-hydrogen) atoms. The zero-order chi connectivity index (χ0) is 15.5. The molecule has 0 aliphatic rings. The Morgan fingerprint density at radius 1 is 1.32 bits per heavy atom.